The summed E-state index contributed by atoms with van der Waals surface area (Å²) in [5, 5.41) is 2.89. The number of hydrogen-bond donors (Lipinski definition) is 1. The van der Waals surface area contributed by atoms with E-state index < -0.39 is 28.5 Å². The van der Waals surface area contributed by atoms with Gasteiger partial charge in [0.2, 0.25) is 11.8 Å². The van der Waals surface area contributed by atoms with E-state index in [0.717, 1.165) is 9.87 Å². The number of rotatable bonds is 13. The average Bonchev–Trinajstić information content (AvgIpc) is 2.95. The van der Waals surface area contributed by atoms with Crippen molar-refractivity contribution in [1.29, 1.82) is 0 Å². The van der Waals surface area contributed by atoms with Crippen molar-refractivity contribution in [3.05, 3.63) is 84.4 Å². The van der Waals surface area contributed by atoms with Crippen molar-refractivity contribution < 1.29 is 27.5 Å². The Morgan fingerprint density at radius 3 is 2.10 bits per heavy atom. The lowest BCUT2D eigenvalue weighted by Crippen LogP contribution is -2.53. The van der Waals surface area contributed by atoms with Gasteiger partial charge in [-0.3, -0.25) is 13.9 Å². The highest BCUT2D eigenvalue weighted by Gasteiger charge is 2.33. The first-order valence-corrected chi connectivity index (χ1v) is 14.5. The van der Waals surface area contributed by atoms with Crippen molar-refractivity contribution >= 4 is 27.5 Å². The van der Waals surface area contributed by atoms with Gasteiger partial charge in [-0.2, -0.15) is 0 Å². The zero-order valence-corrected chi connectivity index (χ0v) is 24.4. The van der Waals surface area contributed by atoms with Crippen LogP contribution >= 0.6 is 0 Å². The largest absolute Gasteiger partial charge is 0.497 e. The number of nitrogens with one attached hydrogen (secondary N) is 1. The third-order valence-corrected chi connectivity index (χ3v) is 8.06. The molecule has 0 saturated carbocycles. The highest BCUT2D eigenvalue weighted by atomic mass is 32.2. The number of benzene rings is 3. The van der Waals surface area contributed by atoms with Gasteiger partial charge in [-0.05, 0) is 74.4 Å². The topological polar surface area (TPSA) is 105 Å². The molecule has 1 N–H and O–H groups in total. The Kier molecular flexibility index (Phi) is 10.6. The highest BCUT2D eigenvalue weighted by Crippen LogP contribution is 2.26. The molecule has 0 aliphatic heterocycles. The maximum atomic E-state index is 14.0. The Morgan fingerprint density at radius 2 is 1.52 bits per heavy atom. The first-order valence-electron chi connectivity index (χ1n) is 13.0. The summed E-state index contributed by atoms with van der Waals surface area (Å²) in [6.45, 7) is 5.09. The quantitative estimate of drug-likeness (QED) is 0.332. The van der Waals surface area contributed by atoms with Crippen molar-refractivity contribution in [3.8, 4) is 11.5 Å². The molecule has 0 fully saturated rings. The Morgan fingerprint density at radius 1 is 0.875 bits per heavy atom. The molecule has 0 unspecified atom stereocenters. The number of anilines is 1. The van der Waals surface area contributed by atoms with Crippen LogP contribution < -0.4 is 19.1 Å². The first kappa shape index (κ1) is 30.5. The van der Waals surface area contributed by atoms with Crippen LogP contribution in [0.4, 0.5) is 5.69 Å². The van der Waals surface area contributed by atoms with E-state index in [1.807, 2.05) is 26.8 Å². The van der Waals surface area contributed by atoms with E-state index in [4.69, 9.17) is 9.47 Å². The Hall–Kier alpha value is -4.05. The van der Waals surface area contributed by atoms with Gasteiger partial charge in [0.05, 0.1) is 24.8 Å². The number of nitrogens with zero attached hydrogens (tertiary/aromatic N) is 2. The number of hydrogen-bond acceptors (Lipinski definition) is 6. The van der Waals surface area contributed by atoms with Gasteiger partial charge in [-0.25, -0.2) is 8.42 Å². The molecule has 0 spiro atoms. The monoisotopic (exact) mass is 567 g/mol. The molecular formula is C30H37N3O6S. The molecule has 3 aromatic carbocycles. The van der Waals surface area contributed by atoms with E-state index in [1.54, 1.807) is 67.8 Å². The van der Waals surface area contributed by atoms with Gasteiger partial charge in [0.15, 0.2) is 0 Å². The number of carbonyl (C=O) groups is 2. The number of ether oxygens (including phenoxy) is 2. The molecule has 40 heavy (non-hydrogen) atoms. The fourth-order valence-corrected chi connectivity index (χ4v) is 5.68. The molecule has 3 rings (SSSR count). The molecule has 0 aliphatic carbocycles. The number of para-hydroxylation sites is 1. The van der Waals surface area contributed by atoms with E-state index in [9.17, 15) is 18.0 Å². The summed E-state index contributed by atoms with van der Waals surface area (Å²) in [6, 6.07) is 20.7. The zero-order chi connectivity index (χ0) is 29.3. The molecule has 3 aromatic rings. The van der Waals surface area contributed by atoms with Gasteiger partial charge < -0.3 is 19.7 Å². The number of methoxy groups -OCH3 is 2. The summed E-state index contributed by atoms with van der Waals surface area (Å²) in [6.07, 6.45) is 0.338. The molecule has 10 heteroatoms. The summed E-state index contributed by atoms with van der Waals surface area (Å²) < 4.78 is 39.3. The molecule has 0 saturated heterocycles. The standard InChI is InChI=1S/C30H37N3O6S/c1-6-28(30(35)31-22(2)3)32(20-23-11-10-14-26(19-23)39-5)29(34)21-33(24-12-8-7-9-13-24)40(36,37)27-17-15-25(38-4)16-18-27/h7-19,22,28H,6,20-21H2,1-5H3,(H,31,35)/t28-/m1/s1. The van der Waals surface area contributed by atoms with Gasteiger partial charge in [0.1, 0.15) is 24.1 Å². The maximum Gasteiger partial charge on any atom is 0.264 e. The van der Waals surface area contributed by atoms with Crippen LogP contribution in [-0.4, -0.2) is 58.0 Å². The van der Waals surface area contributed by atoms with E-state index in [2.05, 4.69) is 5.32 Å². The van der Waals surface area contributed by atoms with Crippen molar-refractivity contribution in [2.75, 3.05) is 25.1 Å². The van der Waals surface area contributed by atoms with E-state index in [-0.39, 0.29) is 23.4 Å². The van der Waals surface area contributed by atoms with Gasteiger partial charge in [0.25, 0.3) is 10.0 Å². The van der Waals surface area contributed by atoms with Crippen molar-refractivity contribution in [3.63, 3.8) is 0 Å². The smallest absolute Gasteiger partial charge is 0.264 e. The van der Waals surface area contributed by atoms with E-state index >= 15 is 0 Å². The summed E-state index contributed by atoms with van der Waals surface area (Å²) in [5.74, 6) is 0.290. The maximum absolute atomic E-state index is 14.0. The van der Waals surface area contributed by atoms with Crippen molar-refractivity contribution in [2.24, 2.45) is 0 Å². The summed E-state index contributed by atoms with van der Waals surface area (Å²) >= 11 is 0. The molecule has 0 bridgehead atoms. The normalized spacial score (nSPS) is 11.9. The van der Waals surface area contributed by atoms with Gasteiger partial charge in [-0.1, -0.05) is 37.3 Å². The second-order valence-corrected chi connectivity index (χ2v) is 11.3. The van der Waals surface area contributed by atoms with E-state index in [1.165, 1.54) is 24.1 Å². The lowest BCUT2D eigenvalue weighted by Gasteiger charge is -2.33. The molecule has 0 aromatic heterocycles. The second kappa shape index (κ2) is 13.8. The van der Waals surface area contributed by atoms with Crippen LogP contribution in [-0.2, 0) is 26.2 Å². The lowest BCUT2D eigenvalue weighted by atomic mass is 10.1. The predicted octanol–water partition coefficient (Wildman–Crippen LogP) is 4.23. The predicted molar refractivity (Wildman–Crippen MR) is 155 cm³/mol. The Labute approximate surface area is 236 Å². The average molecular weight is 568 g/mol. The minimum absolute atomic E-state index is 0.00823. The van der Waals surface area contributed by atoms with Crippen LogP contribution in [0.3, 0.4) is 0 Å². The SMILES string of the molecule is CC[C@H](C(=O)NC(C)C)N(Cc1cccc(OC)c1)C(=O)CN(c1ccccc1)S(=O)(=O)c1ccc(OC)cc1. The highest BCUT2D eigenvalue weighted by molar-refractivity contribution is 7.92. The van der Waals surface area contributed by atoms with Crippen molar-refractivity contribution in [2.45, 2.75) is 50.7 Å². The Balaban J connectivity index is 2.04. The van der Waals surface area contributed by atoms with Crippen molar-refractivity contribution in [1.82, 2.24) is 10.2 Å². The summed E-state index contributed by atoms with van der Waals surface area (Å²) in [7, 11) is -1.11. The molecule has 214 valence electrons. The molecule has 9 nitrogen and oxygen atoms in total. The van der Waals surface area contributed by atoms with Crippen LogP contribution in [0.1, 0.15) is 32.8 Å². The molecule has 0 radical (unpaired) electrons. The fourth-order valence-electron chi connectivity index (χ4n) is 4.27. The third kappa shape index (κ3) is 7.53. The summed E-state index contributed by atoms with van der Waals surface area (Å²) in [5.41, 5.74) is 1.07. The Bertz CT molecular complexity index is 1380. The van der Waals surface area contributed by atoms with Gasteiger partial charge in [-0.15, -0.1) is 0 Å². The lowest BCUT2D eigenvalue weighted by molar-refractivity contribution is -0.140. The zero-order valence-electron chi connectivity index (χ0n) is 23.5. The molecule has 1 atom stereocenters. The van der Waals surface area contributed by atoms with Crippen LogP contribution in [0, 0.1) is 0 Å². The van der Waals surface area contributed by atoms with Crippen LogP contribution in [0.15, 0.2) is 83.8 Å². The van der Waals surface area contributed by atoms with Crippen LogP contribution in [0.2, 0.25) is 0 Å². The third-order valence-electron chi connectivity index (χ3n) is 6.27. The first-order chi connectivity index (χ1) is 19.1. The number of sulfonamides is 1. The van der Waals surface area contributed by atoms with Gasteiger partial charge >= 0.3 is 0 Å². The molecule has 0 heterocycles. The number of carbonyl (C=O) groups excluding carboxylic acids is 2. The molecular weight excluding hydrogens is 530 g/mol. The minimum atomic E-state index is -4.15. The van der Waals surface area contributed by atoms with Crippen LogP contribution in [0.5, 0.6) is 11.5 Å². The van der Waals surface area contributed by atoms with E-state index in [0.29, 0.717) is 23.6 Å². The second-order valence-electron chi connectivity index (χ2n) is 9.48. The molecule has 2 amide bonds. The number of amides is 2. The van der Waals surface area contributed by atoms with Gasteiger partial charge in [0, 0.05) is 12.6 Å². The summed E-state index contributed by atoms with van der Waals surface area (Å²) in [4.78, 5) is 28.7. The van der Waals surface area contributed by atoms with Crippen LogP contribution in [0.25, 0.3) is 0 Å². The fraction of sp³-hybridized carbons (Fsp3) is 0.333. The molecule has 0 aliphatic rings. The minimum Gasteiger partial charge on any atom is -0.497 e.